The number of aliphatic hydroxyl groups excluding tert-OH is 3. The molecule has 0 radical (unpaired) electrons. The van der Waals surface area contributed by atoms with E-state index in [4.69, 9.17) is 5.11 Å². The van der Waals surface area contributed by atoms with Gasteiger partial charge in [0.1, 0.15) is 6.10 Å². The summed E-state index contributed by atoms with van der Waals surface area (Å²) in [5.74, 6) is 0. The third kappa shape index (κ3) is 5.50. The second kappa shape index (κ2) is 7.20. The van der Waals surface area contributed by atoms with E-state index in [1.807, 2.05) is 13.8 Å². The summed E-state index contributed by atoms with van der Waals surface area (Å²) in [5, 5.41) is 27.9. The highest BCUT2D eigenvalue weighted by atomic mass is 16.4. The van der Waals surface area contributed by atoms with E-state index < -0.39 is 12.2 Å². The molecule has 0 heterocycles. The minimum absolute atomic E-state index is 0.324. The predicted octanol–water partition coefficient (Wildman–Crippen LogP) is 1.70. The lowest BCUT2D eigenvalue weighted by Gasteiger charge is -2.33. The first-order valence-electron chi connectivity index (χ1n) is 5.92. The van der Waals surface area contributed by atoms with Gasteiger partial charge in [-0.3, -0.25) is 0 Å². The Morgan fingerprint density at radius 1 is 1.07 bits per heavy atom. The summed E-state index contributed by atoms with van der Waals surface area (Å²) < 4.78 is 0. The molecule has 0 aliphatic rings. The van der Waals surface area contributed by atoms with Crippen molar-refractivity contribution in [1.29, 1.82) is 0 Å². The molecule has 0 aliphatic heterocycles. The molecule has 0 fully saturated rings. The van der Waals surface area contributed by atoms with Crippen LogP contribution in [-0.2, 0) is 0 Å². The summed E-state index contributed by atoms with van der Waals surface area (Å²) in [7, 11) is 0. The van der Waals surface area contributed by atoms with E-state index in [2.05, 4.69) is 6.92 Å². The predicted molar refractivity (Wildman–Crippen MR) is 61.6 cm³/mol. The molecule has 2 atom stereocenters. The molecule has 0 saturated carbocycles. The van der Waals surface area contributed by atoms with Gasteiger partial charge in [0.15, 0.2) is 0 Å². The first-order chi connectivity index (χ1) is 6.95. The molecule has 3 nitrogen and oxygen atoms in total. The topological polar surface area (TPSA) is 60.7 Å². The summed E-state index contributed by atoms with van der Waals surface area (Å²) in [6.45, 7) is 5.65. The molecule has 0 amide bonds. The molecule has 3 heteroatoms. The van der Waals surface area contributed by atoms with E-state index in [0.29, 0.717) is 0 Å². The second-order valence-corrected chi connectivity index (χ2v) is 4.99. The summed E-state index contributed by atoms with van der Waals surface area (Å²) in [5.41, 5.74) is -0.324. The fourth-order valence-corrected chi connectivity index (χ4v) is 1.78. The van der Waals surface area contributed by atoms with Gasteiger partial charge in [0.2, 0.25) is 0 Å². The molecule has 0 spiro atoms. The van der Waals surface area contributed by atoms with Crippen LogP contribution in [0.1, 0.15) is 52.9 Å². The number of unbranched alkanes of at least 4 members (excludes halogenated alkanes) is 3. The molecule has 0 aromatic heterocycles. The van der Waals surface area contributed by atoms with E-state index in [-0.39, 0.29) is 12.0 Å². The zero-order valence-electron chi connectivity index (χ0n) is 10.2. The Morgan fingerprint density at radius 3 is 2.13 bits per heavy atom. The van der Waals surface area contributed by atoms with Crippen LogP contribution in [0.5, 0.6) is 0 Å². The molecular weight excluding hydrogens is 192 g/mol. The van der Waals surface area contributed by atoms with Gasteiger partial charge in [-0.15, -0.1) is 0 Å². The largest absolute Gasteiger partial charge is 0.394 e. The van der Waals surface area contributed by atoms with Crippen LogP contribution in [0.2, 0.25) is 0 Å². The van der Waals surface area contributed by atoms with Crippen molar-refractivity contribution < 1.29 is 15.3 Å². The lowest BCUT2D eigenvalue weighted by atomic mass is 9.79. The fourth-order valence-electron chi connectivity index (χ4n) is 1.78. The van der Waals surface area contributed by atoms with Gasteiger partial charge in [-0.1, -0.05) is 46.5 Å². The maximum atomic E-state index is 9.79. The van der Waals surface area contributed by atoms with E-state index in [0.717, 1.165) is 12.8 Å². The molecule has 0 bridgehead atoms. The molecule has 0 saturated heterocycles. The fraction of sp³-hybridized carbons (Fsp3) is 1.00. The molecule has 2 unspecified atom stereocenters. The minimum atomic E-state index is -1.02. The van der Waals surface area contributed by atoms with Crippen molar-refractivity contribution in [2.24, 2.45) is 5.41 Å². The highest BCUT2D eigenvalue weighted by Gasteiger charge is 2.32. The maximum absolute atomic E-state index is 9.79. The Bertz CT molecular complexity index is 157. The van der Waals surface area contributed by atoms with Crippen molar-refractivity contribution in [2.75, 3.05) is 6.61 Å². The first-order valence-corrected chi connectivity index (χ1v) is 5.92. The van der Waals surface area contributed by atoms with Gasteiger partial charge in [-0.05, 0) is 11.8 Å². The van der Waals surface area contributed by atoms with Crippen LogP contribution in [-0.4, -0.2) is 34.1 Å². The van der Waals surface area contributed by atoms with Crippen LogP contribution in [0, 0.1) is 5.41 Å². The highest BCUT2D eigenvalue weighted by molar-refractivity contribution is 4.82. The van der Waals surface area contributed by atoms with Crippen LogP contribution >= 0.6 is 0 Å². The quantitative estimate of drug-likeness (QED) is 0.543. The molecule has 92 valence electrons. The first kappa shape index (κ1) is 14.9. The van der Waals surface area contributed by atoms with Gasteiger partial charge in [-0.25, -0.2) is 0 Å². The average molecular weight is 218 g/mol. The zero-order chi connectivity index (χ0) is 11.9. The number of hydrogen-bond donors (Lipinski definition) is 3. The van der Waals surface area contributed by atoms with E-state index in [1.54, 1.807) is 0 Å². The molecule has 0 aliphatic carbocycles. The normalized spacial score (nSPS) is 16.4. The molecule has 15 heavy (non-hydrogen) atoms. The molecule has 0 rings (SSSR count). The number of aliphatic hydroxyl groups is 3. The zero-order valence-corrected chi connectivity index (χ0v) is 10.2. The number of rotatable bonds is 8. The van der Waals surface area contributed by atoms with Gasteiger partial charge >= 0.3 is 0 Å². The smallest absolute Gasteiger partial charge is 0.103 e. The maximum Gasteiger partial charge on any atom is 0.103 e. The van der Waals surface area contributed by atoms with E-state index >= 15 is 0 Å². The molecular formula is C12H26O3. The SMILES string of the molecule is CCCCCCC(C)(C)C(O)C(O)CO. The summed E-state index contributed by atoms with van der Waals surface area (Å²) in [4.78, 5) is 0. The monoisotopic (exact) mass is 218 g/mol. The van der Waals surface area contributed by atoms with Gasteiger partial charge in [0.25, 0.3) is 0 Å². The van der Waals surface area contributed by atoms with Crippen molar-refractivity contribution in [1.82, 2.24) is 0 Å². The van der Waals surface area contributed by atoms with Crippen LogP contribution in [0.3, 0.4) is 0 Å². The van der Waals surface area contributed by atoms with Gasteiger partial charge < -0.3 is 15.3 Å². The minimum Gasteiger partial charge on any atom is -0.394 e. The van der Waals surface area contributed by atoms with E-state index in [1.165, 1.54) is 19.3 Å². The van der Waals surface area contributed by atoms with Crippen molar-refractivity contribution in [2.45, 2.75) is 65.1 Å². The molecule has 0 aromatic carbocycles. The summed E-state index contributed by atoms with van der Waals surface area (Å²) >= 11 is 0. The van der Waals surface area contributed by atoms with Crippen LogP contribution in [0.25, 0.3) is 0 Å². The van der Waals surface area contributed by atoms with Crippen LogP contribution in [0.4, 0.5) is 0 Å². The second-order valence-electron chi connectivity index (χ2n) is 4.99. The lowest BCUT2D eigenvalue weighted by Crippen LogP contribution is -2.41. The number of hydrogen-bond acceptors (Lipinski definition) is 3. The van der Waals surface area contributed by atoms with Crippen LogP contribution < -0.4 is 0 Å². The Kier molecular flexibility index (Phi) is 7.14. The van der Waals surface area contributed by atoms with Gasteiger partial charge in [0, 0.05) is 0 Å². The van der Waals surface area contributed by atoms with Crippen molar-refractivity contribution >= 4 is 0 Å². The van der Waals surface area contributed by atoms with Crippen LogP contribution in [0.15, 0.2) is 0 Å². The Morgan fingerprint density at radius 2 is 1.67 bits per heavy atom. The Balaban J connectivity index is 3.93. The molecule has 0 aromatic rings. The average Bonchev–Trinajstić information content (AvgIpc) is 2.22. The Labute approximate surface area is 93.1 Å². The third-order valence-corrected chi connectivity index (χ3v) is 3.03. The summed E-state index contributed by atoms with van der Waals surface area (Å²) in [6.07, 6.45) is 3.66. The summed E-state index contributed by atoms with van der Waals surface area (Å²) in [6, 6.07) is 0. The highest BCUT2D eigenvalue weighted by Crippen LogP contribution is 2.29. The van der Waals surface area contributed by atoms with Crippen molar-refractivity contribution in [3.8, 4) is 0 Å². The lowest BCUT2D eigenvalue weighted by molar-refractivity contribution is -0.0746. The van der Waals surface area contributed by atoms with Crippen molar-refractivity contribution in [3.05, 3.63) is 0 Å². The van der Waals surface area contributed by atoms with Gasteiger partial charge in [-0.2, -0.15) is 0 Å². The van der Waals surface area contributed by atoms with Crippen molar-refractivity contribution in [3.63, 3.8) is 0 Å². The Hall–Kier alpha value is -0.120. The third-order valence-electron chi connectivity index (χ3n) is 3.03. The van der Waals surface area contributed by atoms with Gasteiger partial charge in [0.05, 0.1) is 12.7 Å². The molecule has 3 N–H and O–H groups in total. The van der Waals surface area contributed by atoms with E-state index in [9.17, 15) is 10.2 Å². The standard InChI is InChI=1S/C12H26O3/c1-4-5-6-7-8-12(2,3)11(15)10(14)9-13/h10-11,13-15H,4-9H2,1-3H3.